The molecule has 0 atom stereocenters. The number of hydrogen-bond donors (Lipinski definition) is 1. The van der Waals surface area contributed by atoms with E-state index in [1.54, 1.807) is 0 Å². The lowest BCUT2D eigenvalue weighted by Crippen LogP contribution is -2.31. The molecule has 0 radical (unpaired) electrons. The van der Waals surface area contributed by atoms with Crippen LogP contribution < -0.4 is 5.43 Å². The minimum atomic E-state index is 1.19. The van der Waals surface area contributed by atoms with Crippen LogP contribution >= 0.6 is 0 Å². The van der Waals surface area contributed by atoms with Gasteiger partial charge in [0.1, 0.15) is 0 Å². The molecule has 0 aromatic carbocycles. The van der Waals surface area contributed by atoms with Crippen LogP contribution in [0.5, 0.6) is 0 Å². The van der Waals surface area contributed by atoms with E-state index in [2.05, 4.69) is 17.4 Å². The highest BCUT2D eigenvalue weighted by molar-refractivity contribution is 4.60. The largest absolute Gasteiger partial charge is 0.255 e. The van der Waals surface area contributed by atoms with Crippen LogP contribution in [0.4, 0.5) is 0 Å². The summed E-state index contributed by atoms with van der Waals surface area (Å²) in [5.74, 6) is 0. The smallest absolute Gasteiger partial charge is 0.0143 e. The van der Waals surface area contributed by atoms with Gasteiger partial charge < -0.3 is 0 Å². The monoisotopic (exact) mass is 142 g/mol. The summed E-state index contributed by atoms with van der Waals surface area (Å²) in [6.45, 7) is 5.93. The zero-order chi connectivity index (χ0) is 7.23. The van der Waals surface area contributed by atoms with Crippen molar-refractivity contribution in [1.29, 1.82) is 0 Å². The van der Waals surface area contributed by atoms with Gasteiger partial charge in [0.15, 0.2) is 0 Å². The van der Waals surface area contributed by atoms with Gasteiger partial charge in [-0.15, -0.1) is 0 Å². The second kappa shape index (κ2) is 4.69. The molecule has 0 amide bonds. The summed E-state index contributed by atoms with van der Waals surface area (Å²) in [5, 5.41) is 2.34. The fourth-order valence-corrected chi connectivity index (χ4v) is 1.33. The Labute approximate surface area is 63.6 Å². The number of unbranched alkanes of at least 4 members (excludes halogenated alkanes) is 2. The van der Waals surface area contributed by atoms with Crippen LogP contribution in [0.2, 0.25) is 0 Å². The second-order valence-electron chi connectivity index (χ2n) is 2.96. The number of hydrogen-bond acceptors (Lipinski definition) is 2. The number of nitrogens with zero attached hydrogens (tertiary/aromatic N) is 1. The molecule has 0 aromatic rings. The van der Waals surface area contributed by atoms with E-state index in [1.807, 2.05) is 0 Å². The summed E-state index contributed by atoms with van der Waals surface area (Å²) < 4.78 is 0. The summed E-state index contributed by atoms with van der Waals surface area (Å²) in [6.07, 6.45) is 5.38. The number of nitrogens with one attached hydrogen (secondary N) is 1. The Kier molecular flexibility index (Phi) is 3.76. The predicted molar refractivity (Wildman–Crippen MR) is 43.7 cm³/mol. The molecular weight excluding hydrogens is 124 g/mol. The van der Waals surface area contributed by atoms with Crippen LogP contribution in [0.3, 0.4) is 0 Å². The molecule has 1 aliphatic heterocycles. The van der Waals surface area contributed by atoms with Crippen LogP contribution in [0.15, 0.2) is 0 Å². The van der Waals surface area contributed by atoms with E-state index in [0.717, 1.165) is 0 Å². The minimum Gasteiger partial charge on any atom is -0.255 e. The lowest BCUT2D eigenvalue weighted by Gasteiger charge is -2.13. The van der Waals surface area contributed by atoms with E-state index in [-0.39, 0.29) is 0 Å². The number of hydrazine groups is 1. The fraction of sp³-hybridized carbons (Fsp3) is 1.00. The molecule has 10 heavy (non-hydrogen) atoms. The summed E-state index contributed by atoms with van der Waals surface area (Å²) in [7, 11) is 0. The van der Waals surface area contributed by atoms with Crippen LogP contribution in [0.1, 0.15) is 32.6 Å². The molecule has 1 saturated heterocycles. The highest BCUT2D eigenvalue weighted by atomic mass is 15.5. The van der Waals surface area contributed by atoms with Gasteiger partial charge >= 0.3 is 0 Å². The molecule has 1 fully saturated rings. The lowest BCUT2D eigenvalue weighted by molar-refractivity contribution is 0.248. The molecular formula is C8H18N2. The minimum absolute atomic E-state index is 1.19. The zero-order valence-corrected chi connectivity index (χ0v) is 6.90. The van der Waals surface area contributed by atoms with Crippen LogP contribution in [-0.2, 0) is 0 Å². The van der Waals surface area contributed by atoms with Gasteiger partial charge in [0.2, 0.25) is 0 Å². The molecule has 1 rings (SSSR count). The molecule has 0 aliphatic carbocycles. The van der Waals surface area contributed by atoms with Gasteiger partial charge in [-0.25, -0.2) is 5.01 Å². The predicted octanol–water partition coefficient (Wildman–Crippen LogP) is 1.39. The van der Waals surface area contributed by atoms with E-state index in [1.165, 1.54) is 45.3 Å². The van der Waals surface area contributed by atoms with Gasteiger partial charge in [0.25, 0.3) is 0 Å². The van der Waals surface area contributed by atoms with Crippen molar-refractivity contribution in [2.75, 3.05) is 19.6 Å². The lowest BCUT2D eigenvalue weighted by atomic mass is 10.2. The summed E-state index contributed by atoms with van der Waals surface area (Å²) in [6, 6.07) is 0. The molecule has 0 saturated carbocycles. The first-order valence-corrected chi connectivity index (χ1v) is 4.42. The Morgan fingerprint density at radius 3 is 2.90 bits per heavy atom. The Hall–Kier alpha value is -0.0800. The van der Waals surface area contributed by atoms with Crippen molar-refractivity contribution in [3.05, 3.63) is 0 Å². The standard InChI is InChI=1S/C8H18N2/c1-2-3-4-7-10-8-5-6-9-10/h9H,2-8H2,1H3. The second-order valence-corrected chi connectivity index (χ2v) is 2.96. The topological polar surface area (TPSA) is 15.3 Å². The normalized spacial score (nSPS) is 20.1. The van der Waals surface area contributed by atoms with E-state index in [9.17, 15) is 0 Å². The average Bonchev–Trinajstić information content (AvgIpc) is 2.41. The van der Waals surface area contributed by atoms with Crippen molar-refractivity contribution >= 4 is 0 Å². The van der Waals surface area contributed by atoms with Gasteiger partial charge in [0.05, 0.1) is 0 Å². The first-order valence-electron chi connectivity index (χ1n) is 4.42. The summed E-state index contributed by atoms with van der Waals surface area (Å²) in [4.78, 5) is 0. The Bertz CT molecular complexity index is 77.3. The maximum absolute atomic E-state index is 3.35. The van der Waals surface area contributed by atoms with Crippen molar-refractivity contribution in [2.45, 2.75) is 32.6 Å². The summed E-state index contributed by atoms with van der Waals surface area (Å²) in [5.41, 5.74) is 3.35. The van der Waals surface area contributed by atoms with E-state index in [0.29, 0.717) is 0 Å². The fourth-order valence-electron chi connectivity index (χ4n) is 1.33. The molecule has 2 nitrogen and oxygen atoms in total. The molecule has 1 heterocycles. The zero-order valence-electron chi connectivity index (χ0n) is 6.90. The van der Waals surface area contributed by atoms with E-state index >= 15 is 0 Å². The van der Waals surface area contributed by atoms with E-state index in [4.69, 9.17) is 0 Å². The van der Waals surface area contributed by atoms with Gasteiger partial charge in [0, 0.05) is 19.6 Å². The van der Waals surface area contributed by atoms with Crippen molar-refractivity contribution in [3.8, 4) is 0 Å². The highest BCUT2D eigenvalue weighted by Crippen LogP contribution is 2.00. The molecule has 0 bridgehead atoms. The Balaban J connectivity index is 1.91. The average molecular weight is 142 g/mol. The quantitative estimate of drug-likeness (QED) is 0.597. The van der Waals surface area contributed by atoms with Crippen molar-refractivity contribution in [2.24, 2.45) is 0 Å². The first kappa shape index (κ1) is 8.02. The van der Waals surface area contributed by atoms with Crippen molar-refractivity contribution in [3.63, 3.8) is 0 Å². The van der Waals surface area contributed by atoms with Gasteiger partial charge in [-0.2, -0.15) is 0 Å². The molecule has 0 unspecified atom stereocenters. The first-order chi connectivity index (χ1) is 4.93. The molecule has 2 heteroatoms. The Morgan fingerprint density at radius 2 is 2.30 bits per heavy atom. The third-order valence-electron chi connectivity index (χ3n) is 1.97. The maximum atomic E-state index is 3.35. The van der Waals surface area contributed by atoms with Gasteiger partial charge in [-0.1, -0.05) is 19.8 Å². The summed E-state index contributed by atoms with van der Waals surface area (Å²) >= 11 is 0. The van der Waals surface area contributed by atoms with E-state index < -0.39 is 0 Å². The Morgan fingerprint density at radius 1 is 1.40 bits per heavy atom. The number of rotatable bonds is 4. The maximum Gasteiger partial charge on any atom is 0.0143 e. The van der Waals surface area contributed by atoms with Crippen molar-refractivity contribution in [1.82, 2.24) is 10.4 Å². The molecule has 1 N–H and O–H groups in total. The van der Waals surface area contributed by atoms with Crippen molar-refractivity contribution < 1.29 is 0 Å². The highest BCUT2D eigenvalue weighted by Gasteiger charge is 2.08. The molecule has 0 spiro atoms. The van der Waals surface area contributed by atoms with Crippen LogP contribution in [0.25, 0.3) is 0 Å². The van der Waals surface area contributed by atoms with Gasteiger partial charge in [-0.3, -0.25) is 5.43 Å². The van der Waals surface area contributed by atoms with Gasteiger partial charge in [-0.05, 0) is 12.8 Å². The SMILES string of the molecule is CCCCCN1CCCN1. The molecule has 60 valence electrons. The van der Waals surface area contributed by atoms with Crippen LogP contribution in [0, 0.1) is 0 Å². The third kappa shape index (κ3) is 2.67. The molecule has 0 aromatic heterocycles. The third-order valence-corrected chi connectivity index (χ3v) is 1.97. The molecule has 1 aliphatic rings. The van der Waals surface area contributed by atoms with Crippen LogP contribution in [-0.4, -0.2) is 24.6 Å².